The highest BCUT2D eigenvalue weighted by Gasteiger charge is 2.22. The van der Waals surface area contributed by atoms with Gasteiger partial charge in [0.25, 0.3) is 10.0 Å². The van der Waals surface area contributed by atoms with E-state index in [1.807, 2.05) is 0 Å². The zero-order valence-electron chi connectivity index (χ0n) is 8.48. The minimum Gasteiger partial charge on any atom is -0.261 e. The molecule has 1 aliphatic heterocycles. The van der Waals surface area contributed by atoms with Crippen LogP contribution in [0.2, 0.25) is 0 Å². The van der Waals surface area contributed by atoms with E-state index < -0.39 is 26.6 Å². The van der Waals surface area contributed by atoms with Crippen molar-refractivity contribution in [3.05, 3.63) is 29.8 Å². The molecule has 8 heteroatoms. The number of benzene rings is 1. The van der Waals surface area contributed by atoms with Crippen LogP contribution in [0.15, 0.2) is 28.1 Å². The van der Waals surface area contributed by atoms with Crippen molar-refractivity contribution in [2.24, 2.45) is 4.99 Å². The third-order valence-corrected chi connectivity index (χ3v) is 4.38. The normalized spacial score (nSPS) is 15.8. The Morgan fingerprint density at radius 1 is 1.35 bits per heavy atom. The van der Waals surface area contributed by atoms with Crippen LogP contribution in [0.1, 0.15) is 0 Å². The van der Waals surface area contributed by atoms with E-state index in [9.17, 15) is 17.2 Å². The fourth-order valence-corrected chi connectivity index (χ4v) is 3.35. The second-order valence-corrected chi connectivity index (χ2v) is 5.95. The van der Waals surface area contributed by atoms with E-state index in [0.717, 1.165) is 12.1 Å². The van der Waals surface area contributed by atoms with Crippen LogP contribution in [0.25, 0.3) is 0 Å². The van der Waals surface area contributed by atoms with Gasteiger partial charge in [0.1, 0.15) is 16.5 Å². The van der Waals surface area contributed by atoms with Crippen molar-refractivity contribution in [2.75, 3.05) is 12.3 Å². The van der Waals surface area contributed by atoms with Crippen molar-refractivity contribution in [3.8, 4) is 0 Å². The predicted molar refractivity (Wildman–Crippen MR) is 61.4 cm³/mol. The molecule has 0 saturated carbocycles. The van der Waals surface area contributed by atoms with Gasteiger partial charge in [-0.05, 0) is 12.1 Å². The summed E-state index contributed by atoms with van der Waals surface area (Å²) >= 11 is 1.24. The largest absolute Gasteiger partial charge is 0.266 e. The summed E-state index contributed by atoms with van der Waals surface area (Å²) in [7, 11) is -4.03. The molecule has 92 valence electrons. The van der Waals surface area contributed by atoms with Crippen LogP contribution in [-0.4, -0.2) is 25.9 Å². The first-order valence-electron chi connectivity index (χ1n) is 4.64. The topological polar surface area (TPSA) is 58.5 Å². The van der Waals surface area contributed by atoms with E-state index in [-0.39, 0.29) is 5.17 Å². The monoisotopic (exact) mass is 278 g/mol. The van der Waals surface area contributed by atoms with Gasteiger partial charge in [0.2, 0.25) is 0 Å². The van der Waals surface area contributed by atoms with E-state index >= 15 is 0 Å². The van der Waals surface area contributed by atoms with Gasteiger partial charge in [0.05, 0.1) is 6.54 Å². The summed E-state index contributed by atoms with van der Waals surface area (Å²) in [5.74, 6) is -1.26. The van der Waals surface area contributed by atoms with E-state index in [2.05, 4.69) is 9.71 Å². The molecule has 1 aromatic carbocycles. The molecule has 1 aliphatic rings. The molecule has 1 aromatic rings. The molecule has 4 nitrogen and oxygen atoms in total. The lowest BCUT2D eigenvalue weighted by Crippen LogP contribution is -2.28. The molecule has 0 aliphatic carbocycles. The van der Waals surface area contributed by atoms with E-state index in [1.54, 1.807) is 0 Å². The summed E-state index contributed by atoms with van der Waals surface area (Å²) in [6.45, 7) is 0.522. The number of thioether (sulfide) groups is 1. The number of amidine groups is 1. The molecule has 0 radical (unpaired) electrons. The Labute approximate surface area is 101 Å². The van der Waals surface area contributed by atoms with Crippen LogP contribution in [0.5, 0.6) is 0 Å². The van der Waals surface area contributed by atoms with Crippen LogP contribution in [0.4, 0.5) is 8.78 Å². The van der Waals surface area contributed by atoms with Crippen molar-refractivity contribution in [1.82, 2.24) is 4.72 Å². The second kappa shape index (κ2) is 4.61. The third kappa shape index (κ3) is 2.75. The van der Waals surface area contributed by atoms with Gasteiger partial charge >= 0.3 is 0 Å². The van der Waals surface area contributed by atoms with Gasteiger partial charge < -0.3 is 0 Å². The maximum Gasteiger partial charge on any atom is 0.266 e. The number of hydrogen-bond acceptors (Lipinski definition) is 4. The Morgan fingerprint density at radius 3 is 2.71 bits per heavy atom. The molecule has 1 heterocycles. The van der Waals surface area contributed by atoms with Crippen LogP contribution < -0.4 is 4.72 Å². The first-order valence-corrected chi connectivity index (χ1v) is 7.11. The molecule has 0 bridgehead atoms. The lowest BCUT2D eigenvalue weighted by atomic mass is 10.3. The highest BCUT2D eigenvalue weighted by molar-refractivity contribution is 8.15. The number of nitrogens with one attached hydrogen (secondary N) is 1. The van der Waals surface area contributed by atoms with Gasteiger partial charge in [0, 0.05) is 11.8 Å². The Kier molecular flexibility index (Phi) is 3.34. The minimum absolute atomic E-state index is 0.230. The molecule has 2 rings (SSSR count). The lowest BCUT2D eigenvalue weighted by Gasteiger charge is -2.07. The zero-order valence-corrected chi connectivity index (χ0v) is 10.1. The number of rotatable bonds is 2. The molecular formula is C9H8F2N2O2S2. The predicted octanol–water partition coefficient (Wildman–Crippen LogP) is 1.35. The first kappa shape index (κ1) is 12.3. The van der Waals surface area contributed by atoms with Gasteiger partial charge in [-0.3, -0.25) is 9.71 Å². The fraction of sp³-hybridized carbons (Fsp3) is 0.222. The van der Waals surface area contributed by atoms with Gasteiger partial charge in [-0.2, -0.15) is 0 Å². The van der Waals surface area contributed by atoms with E-state index in [4.69, 9.17) is 0 Å². The van der Waals surface area contributed by atoms with Crippen molar-refractivity contribution < 1.29 is 17.2 Å². The van der Waals surface area contributed by atoms with Gasteiger partial charge in [-0.15, -0.1) is 0 Å². The summed E-state index contributed by atoms with van der Waals surface area (Å²) in [5, 5.41) is 0.230. The molecule has 0 amide bonds. The molecule has 0 fully saturated rings. The molecular weight excluding hydrogens is 270 g/mol. The summed E-state index contributed by atoms with van der Waals surface area (Å²) in [4.78, 5) is 3.30. The first-order chi connectivity index (χ1) is 7.99. The Morgan fingerprint density at radius 2 is 2.12 bits per heavy atom. The second-order valence-electron chi connectivity index (χ2n) is 3.22. The molecule has 0 atom stereocenters. The number of hydrogen-bond donors (Lipinski definition) is 1. The number of sulfonamides is 1. The molecule has 0 aromatic heterocycles. The average Bonchev–Trinajstić information content (AvgIpc) is 2.68. The Hall–Kier alpha value is -1.15. The SMILES string of the molecule is O=S(=O)(NC1=NCCS1)c1ccc(F)cc1F. The van der Waals surface area contributed by atoms with Crippen molar-refractivity contribution in [2.45, 2.75) is 4.90 Å². The molecule has 0 spiro atoms. The molecule has 0 unspecified atom stereocenters. The highest BCUT2D eigenvalue weighted by atomic mass is 32.2. The number of halogens is 2. The summed E-state index contributed by atoms with van der Waals surface area (Å²) in [6.07, 6.45) is 0. The zero-order chi connectivity index (χ0) is 12.5. The smallest absolute Gasteiger partial charge is 0.261 e. The third-order valence-electron chi connectivity index (χ3n) is 1.99. The highest BCUT2D eigenvalue weighted by Crippen LogP contribution is 2.17. The van der Waals surface area contributed by atoms with Crippen molar-refractivity contribution in [3.63, 3.8) is 0 Å². The lowest BCUT2D eigenvalue weighted by molar-refractivity contribution is 0.548. The summed E-state index contributed by atoms with van der Waals surface area (Å²) in [5.41, 5.74) is 0. The van der Waals surface area contributed by atoms with Gasteiger partial charge in [-0.25, -0.2) is 17.2 Å². The molecule has 17 heavy (non-hydrogen) atoms. The standard InChI is InChI=1S/C9H8F2N2O2S2/c10-6-1-2-8(7(11)5-6)17(14,15)13-9-12-3-4-16-9/h1-2,5H,3-4H2,(H,12,13). The quantitative estimate of drug-likeness (QED) is 0.888. The van der Waals surface area contributed by atoms with Gasteiger partial charge in [0.15, 0.2) is 5.17 Å². The van der Waals surface area contributed by atoms with Gasteiger partial charge in [-0.1, -0.05) is 11.8 Å². The molecule has 0 saturated heterocycles. The Balaban J connectivity index is 2.31. The maximum atomic E-state index is 13.3. The van der Waals surface area contributed by atoms with Crippen LogP contribution in [0.3, 0.4) is 0 Å². The average molecular weight is 278 g/mol. The summed E-state index contributed by atoms with van der Waals surface area (Å²) in [6, 6.07) is 2.30. The van der Waals surface area contributed by atoms with Crippen molar-refractivity contribution >= 4 is 27.0 Å². The van der Waals surface area contributed by atoms with Crippen LogP contribution >= 0.6 is 11.8 Å². The maximum absolute atomic E-state index is 13.3. The Bertz CT molecular complexity index is 572. The van der Waals surface area contributed by atoms with Crippen LogP contribution in [-0.2, 0) is 10.0 Å². The van der Waals surface area contributed by atoms with E-state index in [1.165, 1.54) is 11.8 Å². The van der Waals surface area contributed by atoms with E-state index in [0.29, 0.717) is 18.4 Å². The number of aliphatic imine (C=N–C) groups is 1. The molecule has 1 N–H and O–H groups in total. The minimum atomic E-state index is -4.03. The fourth-order valence-electron chi connectivity index (χ4n) is 1.26. The van der Waals surface area contributed by atoms with Crippen LogP contribution in [0, 0.1) is 11.6 Å². The number of nitrogens with zero attached hydrogens (tertiary/aromatic N) is 1. The van der Waals surface area contributed by atoms with Crippen molar-refractivity contribution in [1.29, 1.82) is 0 Å². The summed E-state index contributed by atoms with van der Waals surface area (Å²) < 4.78 is 51.6.